The summed E-state index contributed by atoms with van der Waals surface area (Å²) in [7, 11) is 0. The second-order valence-corrected chi connectivity index (χ2v) is 7.96. The predicted molar refractivity (Wildman–Crippen MR) is 105 cm³/mol. The van der Waals surface area contributed by atoms with Crippen molar-refractivity contribution in [2.45, 2.75) is 39.2 Å². The fraction of sp³-hybridized carbons (Fsp3) is 0.619. The highest BCUT2D eigenvalue weighted by molar-refractivity contribution is 5.79. The second-order valence-electron chi connectivity index (χ2n) is 7.96. The van der Waals surface area contributed by atoms with Crippen LogP contribution >= 0.6 is 0 Å². The third kappa shape index (κ3) is 5.16. The largest absolute Gasteiger partial charge is 0.490 e. The predicted octanol–water partition coefficient (Wildman–Crippen LogP) is 2.46. The van der Waals surface area contributed by atoms with Gasteiger partial charge < -0.3 is 19.9 Å². The molecule has 7 heteroatoms. The number of carboxylic acids is 1. The van der Waals surface area contributed by atoms with Crippen molar-refractivity contribution in [2.24, 2.45) is 11.8 Å². The van der Waals surface area contributed by atoms with E-state index in [-0.39, 0.29) is 30.3 Å². The standard InChI is InChI=1S/C21H30N2O5/c1-14(2)20(15-6-7-17-18(11-15)28-10-4-9-27-17)22-19(24)13-23-8-3-5-16(12-23)21(25)26/h6-7,11,14,16,20H,3-5,8-10,12-13H2,1-2H3,(H,22,24)(H,25,26). The van der Waals surface area contributed by atoms with Crippen molar-refractivity contribution in [2.75, 3.05) is 32.8 Å². The fourth-order valence-corrected chi connectivity index (χ4v) is 3.83. The summed E-state index contributed by atoms with van der Waals surface area (Å²) in [6.07, 6.45) is 2.33. The molecular weight excluding hydrogens is 360 g/mol. The van der Waals surface area contributed by atoms with Gasteiger partial charge in [-0.05, 0) is 43.0 Å². The van der Waals surface area contributed by atoms with Gasteiger partial charge in [-0.2, -0.15) is 0 Å². The fourth-order valence-electron chi connectivity index (χ4n) is 3.83. The Hall–Kier alpha value is -2.28. The number of piperidine rings is 1. The Morgan fingerprint density at radius 1 is 1.21 bits per heavy atom. The van der Waals surface area contributed by atoms with Crippen LogP contribution in [0, 0.1) is 11.8 Å². The average molecular weight is 390 g/mol. The summed E-state index contributed by atoms with van der Waals surface area (Å²) in [5, 5.41) is 12.3. The lowest BCUT2D eigenvalue weighted by atomic mass is 9.95. The number of likely N-dealkylation sites (tertiary alicyclic amines) is 1. The van der Waals surface area contributed by atoms with Gasteiger partial charge in [-0.15, -0.1) is 0 Å². The number of amides is 1. The molecule has 1 fully saturated rings. The van der Waals surface area contributed by atoms with Crippen molar-refractivity contribution in [3.05, 3.63) is 23.8 Å². The summed E-state index contributed by atoms with van der Waals surface area (Å²) in [5.41, 5.74) is 0.981. The molecule has 2 atom stereocenters. The lowest BCUT2D eigenvalue weighted by molar-refractivity contribution is -0.144. The molecule has 0 radical (unpaired) electrons. The van der Waals surface area contributed by atoms with Gasteiger partial charge in [0, 0.05) is 13.0 Å². The highest BCUT2D eigenvalue weighted by Crippen LogP contribution is 2.34. The number of nitrogens with zero attached hydrogens (tertiary/aromatic N) is 1. The van der Waals surface area contributed by atoms with Gasteiger partial charge in [0.2, 0.25) is 5.91 Å². The first-order valence-corrected chi connectivity index (χ1v) is 10.1. The van der Waals surface area contributed by atoms with Crippen LogP contribution in [-0.4, -0.2) is 54.7 Å². The van der Waals surface area contributed by atoms with Gasteiger partial charge in [0.25, 0.3) is 0 Å². The minimum atomic E-state index is -0.780. The van der Waals surface area contributed by atoms with E-state index in [2.05, 4.69) is 19.2 Å². The molecule has 28 heavy (non-hydrogen) atoms. The highest BCUT2D eigenvalue weighted by atomic mass is 16.5. The number of rotatable bonds is 6. The van der Waals surface area contributed by atoms with Crippen LogP contribution in [0.4, 0.5) is 0 Å². The van der Waals surface area contributed by atoms with Gasteiger partial charge in [0.05, 0.1) is 31.7 Å². The number of fused-ring (bicyclic) bond motifs is 1. The lowest BCUT2D eigenvalue weighted by Gasteiger charge is -2.31. The van der Waals surface area contributed by atoms with Gasteiger partial charge in [-0.25, -0.2) is 0 Å². The molecule has 0 aliphatic carbocycles. The SMILES string of the molecule is CC(C)C(NC(=O)CN1CCCC(C(=O)O)C1)c1ccc2c(c1)OCCCO2. The number of carboxylic acid groups (broad SMARTS) is 1. The van der Waals surface area contributed by atoms with Crippen LogP contribution < -0.4 is 14.8 Å². The van der Waals surface area contributed by atoms with E-state index < -0.39 is 5.97 Å². The number of hydrogen-bond donors (Lipinski definition) is 2. The molecule has 2 aliphatic heterocycles. The first-order chi connectivity index (χ1) is 13.4. The van der Waals surface area contributed by atoms with Crippen LogP contribution in [0.1, 0.15) is 44.7 Å². The molecule has 2 aliphatic rings. The molecule has 1 aromatic rings. The zero-order valence-corrected chi connectivity index (χ0v) is 16.6. The molecule has 7 nitrogen and oxygen atoms in total. The number of benzene rings is 1. The summed E-state index contributed by atoms with van der Waals surface area (Å²) in [6.45, 7) is 6.80. The third-order valence-electron chi connectivity index (χ3n) is 5.34. The van der Waals surface area contributed by atoms with Gasteiger partial charge in [-0.3, -0.25) is 14.5 Å². The molecule has 0 spiro atoms. The van der Waals surface area contributed by atoms with E-state index in [9.17, 15) is 14.7 Å². The summed E-state index contributed by atoms with van der Waals surface area (Å²) < 4.78 is 11.5. The van der Waals surface area contributed by atoms with Crippen molar-refractivity contribution in [3.63, 3.8) is 0 Å². The van der Waals surface area contributed by atoms with Crippen molar-refractivity contribution >= 4 is 11.9 Å². The zero-order chi connectivity index (χ0) is 20.1. The summed E-state index contributed by atoms with van der Waals surface area (Å²) >= 11 is 0. The Kier molecular flexibility index (Phi) is 6.78. The molecule has 2 heterocycles. The lowest BCUT2D eigenvalue weighted by Crippen LogP contribution is -2.45. The van der Waals surface area contributed by atoms with Crippen molar-refractivity contribution in [3.8, 4) is 11.5 Å². The summed E-state index contributed by atoms with van der Waals surface area (Å²) in [4.78, 5) is 25.8. The third-order valence-corrected chi connectivity index (χ3v) is 5.34. The number of carbonyl (C=O) groups is 2. The van der Waals surface area contributed by atoms with E-state index in [1.165, 1.54) is 0 Å². The van der Waals surface area contributed by atoms with Crippen molar-refractivity contribution < 1.29 is 24.2 Å². The number of ether oxygens (including phenoxy) is 2. The molecule has 1 saturated heterocycles. The maximum atomic E-state index is 12.7. The minimum Gasteiger partial charge on any atom is -0.490 e. The minimum absolute atomic E-state index is 0.0862. The molecule has 0 saturated carbocycles. The molecular formula is C21H30N2O5. The first kappa shape index (κ1) is 20.5. The van der Waals surface area contributed by atoms with E-state index in [1.54, 1.807) is 0 Å². The maximum absolute atomic E-state index is 12.7. The van der Waals surface area contributed by atoms with Crippen LogP contribution in [0.2, 0.25) is 0 Å². The maximum Gasteiger partial charge on any atom is 0.307 e. The molecule has 2 N–H and O–H groups in total. The van der Waals surface area contributed by atoms with E-state index in [4.69, 9.17) is 9.47 Å². The van der Waals surface area contributed by atoms with Crippen LogP contribution in [0.3, 0.4) is 0 Å². The van der Waals surface area contributed by atoms with E-state index in [0.717, 1.165) is 36.4 Å². The zero-order valence-electron chi connectivity index (χ0n) is 16.6. The van der Waals surface area contributed by atoms with E-state index in [1.807, 2.05) is 23.1 Å². The Morgan fingerprint density at radius 3 is 2.68 bits per heavy atom. The highest BCUT2D eigenvalue weighted by Gasteiger charge is 2.27. The van der Waals surface area contributed by atoms with Crippen LogP contribution in [0.15, 0.2) is 18.2 Å². The molecule has 1 aromatic carbocycles. The van der Waals surface area contributed by atoms with Crippen molar-refractivity contribution in [1.82, 2.24) is 10.2 Å². The second kappa shape index (κ2) is 9.28. The first-order valence-electron chi connectivity index (χ1n) is 10.1. The Bertz CT molecular complexity index is 706. The molecule has 0 aromatic heterocycles. The molecule has 0 bridgehead atoms. The average Bonchev–Trinajstić information content (AvgIpc) is 2.90. The Morgan fingerprint density at radius 2 is 1.96 bits per heavy atom. The van der Waals surface area contributed by atoms with Crippen LogP contribution in [-0.2, 0) is 9.59 Å². The van der Waals surface area contributed by atoms with E-state index >= 15 is 0 Å². The van der Waals surface area contributed by atoms with Gasteiger partial charge in [-0.1, -0.05) is 19.9 Å². The number of hydrogen-bond acceptors (Lipinski definition) is 5. The smallest absolute Gasteiger partial charge is 0.307 e. The van der Waals surface area contributed by atoms with Crippen LogP contribution in [0.5, 0.6) is 11.5 Å². The summed E-state index contributed by atoms with van der Waals surface area (Å²) in [5.74, 6) is 0.401. The summed E-state index contributed by atoms with van der Waals surface area (Å²) in [6, 6.07) is 5.68. The van der Waals surface area contributed by atoms with Gasteiger partial charge >= 0.3 is 5.97 Å². The molecule has 154 valence electrons. The quantitative estimate of drug-likeness (QED) is 0.776. The number of aliphatic carboxylic acids is 1. The molecule has 1 amide bonds. The number of nitrogens with one attached hydrogen (secondary N) is 1. The topological polar surface area (TPSA) is 88.1 Å². The Labute approximate surface area is 166 Å². The van der Waals surface area contributed by atoms with Crippen LogP contribution in [0.25, 0.3) is 0 Å². The molecule has 3 rings (SSSR count). The monoisotopic (exact) mass is 390 g/mol. The van der Waals surface area contributed by atoms with Crippen molar-refractivity contribution in [1.29, 1.82) is 0 Å². The van der Waals surface area contributed by atoms with E-state index in [0.29, 0.717) is 26.2 Å². The Balaban J connectivity index is 1.65. The van der Waals surface area contributed by atoms with Gasteiger partial charge in [0.1, 0.15) is 0 Å². The number of carbonyl (C=O) groups excluding carboxylic acids is 1. The normalized spacial score (nSPS) is 21.0. The van der Waals surface area contributed by atoms with Gasteiger partial charge in [0.15, 0.2) is 11.5 Å². The molecule has 2 unspecified atom stereocenters.